The molecular weight excluding hydrogens is 292 g/mol. The fraction of sp³-hybridized carbons (Fsp3) is 0.611. The van der Waals surface area contributed by atoms with Crippen molar-refractivity contribution in [3.05, 3.63) is 29.3 Å². The van der Waals surface area contributed by atoms with Crippen LogP contribution < -0.4 is 10.1 Å². The maximum Gasteiger partial charge on any atom is 0.242 e. The van der Waals surface area contributed by atoms with Gasteiger partial charge in [0.2, 0.25) is 5.91 Å². The highest BCUT2D eigenvalue weighted by atomic mass is 16.5. The van der Waals surface area contributed by atoms with Crippen molar-refractivity contribution in [2.24, 2.45) is 0 Å². The molecule has 0 aliphatic carbocycles. The molecule has 0 spiro atoms. The Morgan fingerprint density at radius 2 is 2.09 bits per heavy atom. The summed E-state index contributed by atoms with van der Waals surface area (Å²) in [6, 6.07) is 6.11. The number of morpholine rings is 1. The number of aryl methyl sites for hydroxylation is 2. The first kappa shape index (κ1) is 16.3. The number of likely N-dealkylation sites (tertiary alicyclic amines) is 1. The van der Waals surface area contributed by atoms with E-state index in [2.05, 4.69) is 37.4 Å². The Bertz CT molecular complexity index is 547. The quantitative estimate of drug-likeness (QED) is 0.921. The van der Waals surface area contributed by atoms with Gasteiger partial charge in [-0.15, -0.1) is 0 Å². The van der Waals surface area contributed by atoms with E-state index in [9.17, 15) is 4.79 Å². The molecule has 1 aromatic rings. The van der Waals surface area contributed by atoms with E-state index in [4.69, 9.17) is 9.47 Å². The molecule has 0 aromatic heterocycles. The highest BCUT2D eigenvalue weighted by Crippen LogP contribution is 2.24. The van der Waals surface area contributed by atoms with Gasteiger partial charge in [-0.2, -0.15) is 0 Å². The smallest absolute Gasteiger partial charge is 0.242 e. The molecule has 1 aromatic carbocycles. The maximum absolute atomic E-state index is 12.5. The highest BCUT2D eigenvalue weighted by molar-refractivity contribution is 5.82. The van der Waals surface area contributed by atoms with Crippen LogP contribution in [0.4, 0.5) is 0 Å². The van der Waals surface area contributed by atoms with Crippen LogP contribution >= 0.6 is 0 Å². The zero-order valence-electron chi connectivity index (χ0n) is 14.0. The second kappa shape index (κ2) is 7.32. The van der Waals surface area contributed by atoms with Crippen LogP contribution in [0.1, 0.15) is 24.0 Å². The minimum atomic E-state index is -0.180. The molecule has 2 saturated heterocycles. The van der Waals surface area contributed by atoms with Crippen molar-refractivity contribution in [2.75, 3.05) is 32.8 Å². The van der Waals surface area contributed by atoms with Crippen molar-refractivity contribution in [2.45, 2.75) is 38.8 Å². The third-order valence-electron chi connectivity index (χ3n) is 4.61. The Kier molecular flexibility index (Phi) is 5.18. The summed E-state index contributed by atoms with van der Waals surface area (Å²) in [6.45, 7) is 7.59. The summed E-state index contributed by atoms with van der Waals surface area (Å²) < 4.78 is 11.5. The van der Waals surface area contributed by atoms with Crippen LogP contribution in [-0.4, -0.2) is 55.8 Å². The van der Waals surface area contributed by atoms with Gasteiger partial charge in [0, 0.05) is 32.5 Å². The van der Waals surface area contributed by atoms with Crippen LogP contribution in [0.25, 0.3) is 0 Å². The van der Waals surface area contributed by atoms with Gasteiger partial charge < -0.3 is 19.7 Å². The zero-order valence-corrected chi connectivity index (χ0v) is 14.0. The summed E-state index contributed by atoms with van der Waals surface area (Å²) in [6.07, 6.45) is 1.95. The third-order valence-corrected chi connectivity index (χ3v) is 4.61. The number of nitrogens with one attached hydrogen (secondary N) is 1. The molecule has 5 nitrogen and oxygen atoms in total. The lowest BCUT2D eigenvalue weighted by Gasteiger charge is -2.35. The lowest BCUT2D eigenvalue weighted by atomic mass is 10.1. The Morgan fingerprint density at radius 3 is 2.78 bits per heavy atom. The number of carbonyl (C=O) groups excluding carboxylic acids is 1. The van der Waals surface area contributed by atoms with Crippen LogP contribution in [0.5, 0.6) is 5.75 Å². The highest BCUT2D eigenvalue weighted by Gasteiger charge is 2.30. The molecule has 3 rings (SSSR count). The molecule has 0 saturated carbocycles. The third kappa shape index (κ3) is 4.03. The largest absolute Gasteiger partial charge is 0.490 e. The van der Waals surface area contributed by atoms with Gasteiger partial charge in [-0.05, 0) is 31.0 Å². The minimum Gasteiger partial charge on any atom is -0.490 e. The first-order valence-corrected chi connectivity index (χ1v) is 8.47. The topological polar surface area (TPSA) is 50.8 Å². The molecule has 126 valence electrons. The Labute approximate surface area is 137 Å². The van der Waals surface area contributed by atoms with Gasteiger partial charge in [-0.25, -0.2) is 0 Å². The van der Waals surface area contributed by atoms with E-state index in [1.165, 1.54) is 5.56 Å². The van der Waals surface area contributed by atoms with Crippen molar-refractivity contribution in [1.82, 2.24) is 10.2 Å². The van der Waals surface area contributed by atoms with E-state index in [0.717, 1.165) is 43.8 Å². The number of benzene rings is 1. The minimum absolute atomic E-state index is 0.162. The summed E-state index contributed by atoms with van der Waals surface area (Å²) in [7, 11) is 0. The fourth-order valence-electron chi connectivity index (χ4n) is 3.15. The molecule has 1 atom stereocenters. The average molecular weight is 318 g/mol. The molecule has 5 heteroatoms. The molecule has 1 N–H and O–H groups in total. The van der Waals surface area contributed by atoms with E-state index in [0.29, 0.717) is 13.2 Å². The lowest BCUT2D eigenvalue weighted by Crippen LogP contribution is -2.54. The van der Waals surface area contributed by atoms with Crippen LogP contribution in [0.15, 0.2) is 18.2 Å². The summed E-state index contributed by atoms with van der Waals surface area (Å²) >= 11 is 0. The van der Waals surface area contributed by atoms with Gasteiger partial charge in [-0.3, -0.25) is 4.79 Å². The molecule has 23 heavy (non-hydrogen) atoms. The Hall–Kier alpha value is -1.59. The molecule has 0 radical (unpaired) electrons. The molecular formula is C18H26N2O3. The summed E-state index contributed by atoms with van der Waals surface area (Å²) in [5.74, 6) is 1.13. The number of rotatable bonds is 3. The first-order chi connectivity index (χ1) is 11.1. The van der Waals surface area contributed by atoms with Crippen molar-refractivity contribution in [3.8, 4) is 5.75 Å². The van der Waals surface area contributed by atoms with Crippen LogP contribution in [0.2, 0.25) is 0 Å². The second-order valence-corrected chi connectivity index (χ2v) is 6.49. The van der Waals surface area contributed by atoms with Gasteiger partial charge in [0.1, 0.15) is 17.9 Å². The van der Waals surface area contributed by atoms with Crippen LogP contribution in [-0.2, 0) is 9.53 Å². The number of hydrogen-bond acceptors (Lipinski definition) is 4. The molecule has 2 fully saturated rings. The standard InChI is InChI=1S/C18H26N2O3/c1-13-3-4-14(2)17(11-13)23-15-5-8-20(9-6-15)18(21)16-12-22-10-7-19-16/h3-4,11,15-16,19H,5-10,12H2,1-2H3/t16-/m1/s1. The molecule has 0 unspecified atom stereocenters. The van der Waals surface area contributed by atoms with Crippen molar-refractivity contribution in [3.63, 3.8) is 0 Å². The number of piperidine rings is 1. The predicted molar refractivity (Wildman–Crippen MR) is 88.8 cm³/mol. The second-order valence-electron chi connectivity index (χ2n) is 6.49. The normalized spacial score (nSPS) is 22.9. The molecule has 0 bridgehead atoms. The first-order valence-electron chi connectivity index (χ1n) is 8.47. The van der Waals surface area contributed by atoms with Gasteiger partial charge in [-0.1, -0.05) is 12.1 Å². The van der Waals surface area contributed by atoms with Gasteiger partial charge in [0.05, 0.1) is 13.2 Å². The number of hydrogen-bond donors (Lipinski definition) is 1. The molecule has 2 heterocycles. The van der Waals surface area contributed by atoms with Crippen LogP contribution in [0.3, 0.4) is 0 Å². The molecule has 2 aliphatic rings. The zero-order chi connectivity index (χ0) is 16.2. The van der Waals surface area contributed by atoms with Gasteiger partial charge >= 0.3 is 0 Å². The van der Waals surface area contributed by atoms with E-state index < -0.39 is 0 Å². The van der Waals surface area contributed by atoms with E-state index >= 15 is 0 Å². The Morgan fingerprint density at radius 1 is 1.30 bits per heavy atom. The average Bonchev–Trinajstić information content (AvgIpc) is 2.59. The number of nitrogens with zero attached hydrogens (tertiary/aromatic N) is 1. The fourth-order valence-corrected chi connectivity index (χ4v) is 3.15. The van der Waals surface area contributed by atoms with Crippen molar-refractivity contribution in [1.29, 1.82) is 0 Å². The van der Waals surface area contributed by atoms with Crippen molar-refractivity contribution >= 4 is 5.91 Å². The predicted octanol–water partition coefficient (Wildman–Crippen LogP) is 1.66. The van der Waals surface area contributed by atoms with Gasteiger partial charge in [0.15, 0.2) is 0 Å². The SMILES string of the molecule is Cc1ccc(C)c(OC2CCN(C(=O)[C@H]3COCCN3)CC2)c1. The summed E-state index contributed by atoms with van der Waals surface area (Å²) in [5, 5.41) is 3.23. The van der Waals surface area contributed by atoms with E-state index in [1.54, 1.807) is 0 Å². The maximum atomic E-state index is 12.5. The number of ether oxygens (including phenoxy) is 2. The molecule has 2 aliphatic heterocycles. The Balaban J connectivity index is 1.52. The van der Waals surface area contributed by atoms with E-state index in [-0.39, 0.29) is 18.1 Å². The monoisotopic (exact) mass is 318 g/mol. The summed E-state index contributed by atoms with van der Waals surface area (Å²) in [5.41, 5.74) is 2.37. The molecule has 1 amide bonds. The summed E-state index contributed by atoms with van der Waals surface area (Å²) in [4.78, 5) is 14.4. The number of amides is 1. The number of carbonyl (C=O) groups is 1. The van der Waals surface area contributed by atoms with Crippen molar-refractivity contribution < 1.29 is 14.3 Å². The van der Waals surface area contributed by atoms with E-state index in [1.807, 2.05) is 4.90 Å². The van der Waals surface area contributed by atoms with Crippen LogP contribution in [0, 0.1) is 13.8 Å². The lowest BCUT2D eigenvalue weighted by molar-refractivity contribution is -0.138. The van der Waals surface area contributed by atoms with Gasteiger partial charge in [0.25, 0.3) is 0 Å².